The molecule has 0 aliphatic carbocycles. The topological polar surface area (TPSA) is 59.0 Å². The Morgan fingerprint density at radius 2 is 2.21 bits per heavy atom. The van der Waals surface area contributed by atoms with Crippen molar-refractivity contribution in [2.75, 3.05) is 13.1 Å². The molecule has 1 aromatic rings. The molecule has 0 aliphatic rings. The summed E-state index contributed by atoms with van der Waals surface area (Å²) in [6, 6.07) is 1.15. The van der Waals surface area contributed by atoms with Crippen LogP contribution >= 0.6 is 0 Å². The largest absolute Gasteiger partial charge is 0.405 e. The van der Waals surface area contributed by atoms with Crippen molar-refractivity contribution in [3.63, 3.8) is 0 Å². The SMILES string of the molecule is CC(NCCCn1cccn1)C(=O)NCC(F)(F)F. The van der Waals surface area contributed by atoms with Gasteiger partial charge < -0.3 is 10.6 Å². The molecule has 8 heteroatoms. The van der Waals surface area contributed by atoms with Crippen molar-refractivity contribution in [2.45, 2.75) is 32.1 Å². The molecular weight excluding hydrogens is 261 g/mol. The zero-order valence-corrected chi connectivity index (χ0v) is 10.6. The minimum absolute atomic E-state index is 0.528. The van der Waals surface area contributed by atoms with Gasteiger partial charge in [-0.25, -0.2) is 0 Å². The number of carbonyl (C=O) groups is 1. The van der Waals surface area contributed by atoms with Gasteiger partial charge >= 0.3 is 6.18 Å². The molecule has 1 rings (SSSR count). The molecule has 1 unspecified atom stereocenters. The van der Waals surface area contributed by atoms with Gasteiger partial charge in [-0.15, -0.1) is 0 Å². The Hall–Kier alpha value is -1.57. The number of rotatable bonds is 7. The van der Waals surface area contributed by atoms with Crippen LogP contribution in [0.25, 0.3) is 0 Å². The van der Waals surface area contributed by atoms with Gasteiger partial charge in [-0.2, -0.15) is 18.3 Å². The summed E-state index contributed by atoms with van der Waals surface area (Å²) in [7, 11) is 0. The number of hydrogen-bond donors (Lipinski definition) is 2. The molecule has 1 aromatic heterocycles. The van der Waals surface area contributed by atoms with E-state index in [4.69, 9.17) is 0 Å². The number of carbonyl (C=O) groups excluding carboxylic acids is 1. The Balaban J connectivity index is 2.12. The molecule has 0 saturated carbocycles. The fourth-order valence-corrected chi connectivity index (χ4v) is 1.43. The first-order chi connectivity index (χ1) is 8.88. The minimum atomic E-state index is -4.38. The number of hydrogen-bond acceptors (Lipinski definition) is 3. The molecule has 0 radical (unpaired) electrons. The third kappa shape index (κ3) is 6.80. The lowest BCUT2D eigenvalue weighted by molar-refractivity contribution is -0.139. The number of nitrogens with zero attached hydrogens (tertiary/aromatic N) is 2. The van der Waals surface area contributed by atoms with E-state index in [0.717, 1.165) is 6.42 Å². The molecule has 0 saturated heterocycles. The molecule has 1 atom stereocenters. The number of aromatic nitrogens is 2. The maximum atomic E-state index is 11.9. The maximum Gasteiger partial charge on any atom is 0.405 e. The van der Waals surface area contributed by atoms with Crippen LogP contribution in [0.15, 0.2) is 18.5 Å². The Bertz CT molecular complexity index is 378. The van der Waals surface area contributed by atoms with E-state index >= 15 is 0 Å². The van der Waals surface area contributed by atoms with Crippen LogP contribution in [-0.4, -0.2) is 41.0 Å². The molecule has 1 heterocycles. The second-order valence-corrected chi connectivity index (χ2v) is 4.13. The fraction of sp³-hybridized carbons (Fsp3) is 0.636. The normalized spacial score (nSPS) is 13.3. The first-order valence-corrected chi connectivity index (χ1v) is 5.94. The van der Waals surface area contributed by atoms with Crippen molar-refractivity contribution in [1.29, 1.82) is 0 Å². The van der Waals surface area contributed by atoms with E-state index in [9.17, 15) is 18.0 Å². The van der Waals surface area contributed by atoms with Gasteiger partial charge in [-0.3, -0.25) is 9.48 Å². The number of alkyl halides is 3. The Kier molecular flexibility index (Phi) is 5.81. The predicted molar refractivity (Wildman–Crippen MR) is 63.4 cm³/mol. The lowest BCUT2D eigenvalue weighted by Crippen LogP contribution is -2.45. The zero-order valence-electron chi connectivity index (χ0n) is 10.6. The number of amides is 1. The van der Waals surface area contributed by atoms with Gasteiger partial charge in [0.2, 0.25) is 5.91 Å². The number of halogens is 3. The van der Waals surface area contributed by atoms with Gasteiger partial charge in [0.15, 0.2) is 0 Å². The highest BCUT2D eigenvalue weighted by Crippen LogP contribution is 2.12. The Labute approximate surface area is 109 Å². The second kappa shape index (κ2) is 7.13. The van der Waals surface area contributed by atoms with Crippen molar-refractivity contribution < 1.29 is 18.0 Å². The molecule has 2 N–H and O–H groups in total. The Morgan fingerprint density at radius 3 is 2.79 bits per heavy atom. The zero-order chi connectivity index (χ0) is 14.3. The molecule has 0 aromatic carbocycles. The molecular formula is C11H17F3N4O. The molecule has 5 nitrogen and oxygen atoms in total. The lowest BCUT2D eigenvalue weighted by Gasteiger charge is -2.15. The van der Waals surface area contributed by atoms with Crippen LogP contribution < -0.4 is 10.6 Å². The lowest BCUT2D eigenvalue weighted by atomic mass is 10.3. The monoisotopic (exact) mass is 278 g/mol. The minimum Gasteiger partial charge on any atom is -0.346 e. The van der Waals surface area contributed by atoms with Crippen molar-refractivity contribution >= 4 is 5.91 Å². The van der Waals surface area contributed by atoms with E-state index in [-0.39, 0.29) is 0 Å². The van der Waals surface area contributed by atoms with E-state index in [1.165, 1.54) is 6.92 Å². The predicted octanol–water partition coefficient (Wildman–Crippen LogP) is 0.930. The highest BCUT2D eigenvalue weighted by Gasteiger charge is 2.28. The maximum absolute atomic E-state index is 11.9. The smallest absolute Gasteiger partial charge is 0.346 e. The molecule has 108 valence electrons. The highest BCUT2D eigenvalue weighted by molar-refractivity contribution is 5.81. The molecule has 19 heavy (non-hydrogen) atoms. The highest BCUT2D eigenvalue weighted by atomic mass is 19.4. The van der Waals surface area contributed by atoms with Gasteiger partial charge in [0, 0.05) is 18.9 Å². The van der Waals surface area contributed by atoms with Gasteiger partial charge in [0.25, 0.3) is 0 Å². The summed E-state index contributed by atoms with van der Waals surface area (Å²) in [6.07, 6.45) is -0.159. The van der Waals surface area contributed by atoms with E-state index in [2.05, 4.69) is 10.4 Å². The van der Waals surface area contributed by atoms with Crippen LogP contribution in [0.1, 0.15) is 13.3 Å². The first-order valence-electron chi connectivity index (χ1n) is 5.94. The van der Waals surface area contributed by atoms with Crippen LogP contribution in [0.4, 0.5) is 13.2 Å². The quantitative estimate of drug-likeness (QED) is 0.729. The Morgan fingerprint density at radius 1 is 1.47 bits per heavy atom. The summed E-state index contributed by atoms with van der Waals surface area (Å²) in [4.78, 5) is 11.3. The van der Waals surface area contributed by atoms with E-state index in [1.54, 1.807) is 16.9 Å². The fourth-order valence-electron chi connectivity index (χ4n) is 1.43. The summed E-state index contributed by atoms with van der Waals surface area (Å²) in [5, 5.41) is 8.70. The molecule has 0 spiro atoms. The van der Waals surface area contributed by atoms with Crippen LogP contribution in [-0.2, 0) is 11.3 Å². The average Bonchev–Trinajstić information content (AvgIpc) is 2.83. The summed E-state index contributed by atoms with van der Waals surface area (Å²) < 4.78 is 37.4. The van der Waals surface area contributed by atoms with Gasteiger partial charge in [-0.05, 0) is 26.0 Å². The summed E-state index contributed by atoms with van der Waals surface area (Å²) in [5.41, 5.74) is 0. The number of nitrogens with one attached hydrogen (secondary N) is 2. The summed E-state index contributed by atoms with van der Waals surface area (Å²) in [6.45, 7) is 1.45. The summed E-state index contributed by atoms with van der Waals surface area (Å²) >= 11 is 0. The van der Waals surface area contributed by atoms with E-state index in [0.29, 0.717) is 13.1 Å². The van der Waals surface area contributed by atoms with Crippen molar-refractivity contribution in [2.24, 2.45) is 0 Å². The van der Waals surface area contributed by atoms with Crippen LogP contribution in [0.2, 0.25) is 0 Å². The molecule has 0 fully saturated rings. The second-order valence-electron chi connectivity index (χ2n) is 4.13. The van der Waals surface area contributed by atoms with E-state index in [1.807, 2.05) is 11.5 Å². The molecule has 0 aliphatic heterocycles. The third-order valence-corrected chi connectivity index (χ3v) is 2.43. The molecule has 0 bridgehead atoms. The van der Waals surface area contributed by atoms with Crippen LogP contribution in [0.3, 0.4) is 0 Å². The van der Waals surface area contributed by atoms with Crippen molar-refractivity contribution in [3.8, 4) is 0 Å². The van der Waals surface area contributed by atoms with Crippen LogP contribution in [0, 0.1) is 0 Å². The standard InChI is InChI=1S/C11H17F3N4O/c1-9(10(19)16-8-11(12,13)14)15-4-2-6-18-7-3-5-17-18/h3,5,7,9,15H,2,4,6,8H2,1H3,(H,16,19). The van der Waals surface area contributed by atoms with E-state index < -0.39 is 24.7 Å². The number of aryl methyl sites for hydroxylation is 1. The van der Waals surface area contributed by atoms with Crippen LogP contribution in [0.5, 0.6) is 0 Å². The average molecular weight is 278 g/mol. The van der Waals surface area contributed by atoms with Gasteiger partial charge in [0.05, 0.1) is 6.04 Å². The van der Waals surface area contributed by atoms with Gasteiger partial charge in [-0.1, -0.05) is 0 Å². The molecule has 1 amide bonds. The third-order valence-electron chi connectivity index (χ3n) is 2.43. The van der Waals surface area contributed by atoms with Crippen molar-refractivity contribution in [3.05, 3.63) is 18.5 Å². The summed E-state index contributed by atoms with van der Waals surface area (Å²) in [5.74, 6) is -0.656. The first kappa shape index (κ1) is 15.5. The van der Waals surface area contributed by atoms with Crippen molar-refractivity contribution in [1.82, 2.24) is 20.4 Å². The van der Waals surface area contributed by atoms with Gasteiger partial charge in [0.1, 0.15) is 6.54 Å².